The maximum Gasteiger partial charge on any atom is 0.243 e. The topological polar surface area (TPSA) is 93.5 Å². The summed E-state index contributed by atoms with van der Waals surface area (Å²) in [6.45, 7) is 2.00. The summed E-state index contributed by atoms with van der Waals surface area (Å²) in [7, 11) is -3.51. The monoisotopic (exact) mass is 494 g/mol. The molecule has 3 aromatic rings. The predicted molar refractivity (Wildman–Crippen MR) is 132 cm³/mol. The molecule has 1 aliphatic carbocycles. The molecule has 0 unspecified atom stereocenters. The number of sulfonamides is 1. The van der Waals surface area contributed by atoms with Gasteiger partial charge >= 0.3 is 0 Å². The Morgan fingerprint density at radius 1 is 1.00 bits per heavy atom. The number of benzene rings is 2. The number of fused-ring (bicyclic) bond motifs is 1. The molecule has 0 bridgehead atoms. The highest BCUT2D eigenvalue weighted by Crippen LogP contribution is 2.27. The van der Waals surface area contributed by atoms with E-state index in [2.05, 4.69) is 5.32 Å². The fourth-order valence-electron chi connectivity index (χ4n) is 4.73. The fourth-order valence-corrected chi connectivity index (χ4v) is 6.14. The molecular weight excluding hydrogens is 464 g/mol. The first kappa shape index (κ1) is 23.7. The van der Waals surface area contributed by atoms with Crippen molar-refractivity contribution in [3.05, 3.63) is 77.1 Å². The summed E-state index contributed by atoms with van der Waals surface area (Å²) in [6.07, 6.45) is 3.98. The minimum Gasteiger partial charge on any atom is -0.379 e. The van der Waals surface area contributed by atoms with Crippen molar-refractivity contribution in [2.24, 2.45) is 0 Å². The second kappa shape index (κ2) is 10.3. The zero-order valence-corrected chi connectivity index (χ0v) is 20.5. The Balaban J connectivity index is 1.16. The van der Waals surface area contributed by atoms with E-state index in [1.165, 1.54) is 15.6 Å². The van der Waals surface area contributed by atoms with E-state index in [0.29, 0.717) is 45.7 Å². The fraction of sp³-hybridized carbons (Fsp3) is 0.385. The number of para-hydroxylation sites is 1. The van der Waals surface area contributed by atoms with Crippen LogP contribution in [0, 0.1) is 0 Å². The highest BCUT2D eigenvalue weighted by Gasteiger charge is 2.26. The van der Waals surface area contributed by atoms with Crippen molar-refractivity contribution in [1.29, 1.82) is 0 Å². The Morgan fingerprint density at radius 2 is 1.74 bits per heavy atom. The number of aromatic nitrogens is 2. The van der Waals surface area contributed by atoms with Gasteiger partial charge in [0.05, 0.1) is 36.0 Å². The quantitative estimate of drug-likeness (QED) is 0.520. The van der Waals surface area contributed by atoms with Gasteiger partial charge in [-0.2, -0.15) is 9.40 Å². The van der Waals surface area contributed by atoms with E-state index in [0.717, 1.165) is 36.2 Å². The van der Waals surface area contributed by atoms with Crippen LogP contribution in [0.3, 0.4) is 0 Å². The second-order valence-corrected chi connectivity index (χ2v) is 10.8. The first-order valence-corrected chi connectivity index (χ1v) is 13.5. The summed E-state index contributed by atoms with van der Waals surface area (Å²) in [5.41, 5.74) is 5.41. The molecule has 2 heterocycles. The van der Waals surface area contributed by atoms with Crippen LogP contribution >= 0.6 is 0 Å². The highest BCUT2D eigenvalue weighted by molar-refractivity contribution is 7.89. The second-order valence-electron chi connectivity index (χ2n) is 8.91. The average Bonchev–Trinajstić information content (AvgIpc) is 3.51. The number of hydrogen-bond donors (Lipinski definition) is 1. The van der Waals surface area contributed by atoms with Crippen LogP contribution in [0.5, 0.6) is 0 Å². The van der Waals surface area contributed by atoms with Crippen LogP contribution < -0.4 is 5.32 Å². The number of nitrogens with zero attached hydrogens (tertiary/aromatic N) is 3. The third kappa shape index (κ3) is 5.17. The summed E-state index contributed by atoms with van der Waals surface area (Å²) in [5, 5.41) is 7.81. The minimum absolute atomic E-state index is 0.0453. The lowest BCUT2D eigenvalue weighted by Crippen LogP contribution is -2.40. The number of amides is 1. The van der Waals surface area contributed by atoms with Crippen LogP contribution in [-0.2, 0) is 45.4 Å². The summed E-state index contributed by atoms with van der Waals surface area (Å²) in [5.74, 6) is -0.0453. The summed E-state index contributed by atoms with van der Waals surface area (Å²) >= 11 is 0. The van der Waals surface area contributed by atoms with Crippen LogP contribution in [0.4, 0.5) is 0 Å². The Kier molecular flexibility index (Phi) is 6.99. The first-order valence-electron chi connectivity index (χ1n) is 12.1. The van der Waals surface area contributed by atoms with Gasteiger partial charge in [-0.15, -0.1) is 0 Å². The molecule has 1 saturated heterocycles. The van der Waals surface area contributed by atoms with Gasteiger partial charge in [0, 0.05) is 25.2 Å². The molecule has 2 aliphatic rings. The number of aryl methyl sites for hydroxylation is 1. The van der Waals surface area contributed by atoms with Crippen molar-refractivity contribution in [3.63, 3.8) is 0 Å². The Morgan fingerprint density at radius 3 is 2.49 bits per heavy atom. The lowest BCUT2D eigenvalue weighted by Gasteiger charge is -2.26. The van der Waals surface area contributed by atoms with Crippen LogP contribution in [0.15, 0.2) is 59.5 Å². The molecule has 1 aliphatic heterocycles. The molecule has 8 nitrogen and oxygen atoms in total. The molecule has 184 valence electrons. The number of hydrogen-bond acceptors (Lipinski definition) is 5. The Labute approximate surface area is 206 Å². The van der Waals surface area contributed by atoms with Gasteiger partial charge in [0.1, 0.15) is 0 Å². The van der Waals surface area contributed by atoms with Crippen LogP contribution in [0.25, 0.3) is 5.69 Å². The van der Waals surface area contributed by atoms with Gasteiger partial charge < -0.3 is 10.1 Å². The van der Waals surface area contributed by atoms with E-state index < -0.39 is 10.0 Å². The van der Waals surface area contributed by atoms with E-state index >= 15 is 0 Å². The number of carbonyl (C=O) groups excluding carboxylic acids is 1. The maximum atomic E-state index is 12.8. The number of carbonyl (C=O) groups is 1. The van der Waals surface area contributed by atoms with Crippen LogP contribution in [0.2, 0.25) is 0 Å². The predicted octanol–water partition coefficient (Wildman–Crippen LogP) is 2.63. The number of nitrogens with one attached hydrogen (secondary N) is 1. The van der Waals surface area contributed by atoms with Gasteiger partial charge in [0.25, 0.3) is 0 Å². The zero-order valence-electron chi connectivity index (χ0n) is 19.7. The highest BCUT2D eigenvalue weighted by atomic mass is 32.2. The summed E-state index contributed by atoms with van der Waals surface area (Å²) in [4.78, 5) is 12.8. The van der Waals surface area contributed by atoms with Gasteiger partial charge in [0.15, 0.2) is 0 Å². The number of rotatable bonds is 8. The van der Waals surface area contributed by atoms with Crippen molar-refractivity contribution in [1.82, 2.24) is 19.4 Å². The molecule has 35 heavy (non-hydrogen) atoms. The van der Waals surface area contributed by atoms with Gasteiger partial charge in [-0.1, -0.05) is 30.3 Å². The van der Waals surface area contributed by atoms with E-state index in [1.807, 2.05) is 35.0 Å². The molecule has 2 aromatic carbocycles. The molecule has 9 heteroatoms. The molecule has 0 spiro atoms. The number of ether oxygens (including phenoxy) is 1. The van der Waals surface area contributed by atoms with E-state index in [1.54, 1.807) is 24.3 Å². The maximum absolute atomic E-state index is 12.8. The third-order valence-corrected chi connectivity index (χ3v) is 8.55. The number of morpholine rings is 1. The van der Waals surface area contributed by atoms with Gasteiger partial charge in [0.2, 0.25) is 15.9 Å². The standard InChI is InChI=1S/C26H30N4O4S/c31-26(14-11-20-9-12-22(13-10-20)35(32,33)29-15-17-34-18-16-29)27-19-24-23-7-4-8-25(23)30(28-24)21-5-2-1-3-6-21/h1-3,5-6,9-10,12-13H,4,7-8,11,14-19H2,(H,27,31). The third-order valence-electron chi connectivity index (χ3n) is 6.64. The first-order chi connectivity index (χ1) is 17.0. The van der Waals surface area contributed by atoms with E-state index in [-0.39, 0.29) is 10.8 Å². The van der Waals surface area contributed by atoms with Gasteiger partial charge in [-0.3, -0.25) is 4.79 Å². The van der Waals surface area contributed by atoms with Crippen molar-refractivity contribution < 1.29 is 17.9 Å². The SMILES string of the molecule is O=C(CCc1ccc(S(=O)(=O)N2CCOCC2)cc1)NCc1nn(-c2ccccc2)c2c1CCC2. The molecule has 0 radical (unpaired) electrons. The largest absolute Gasteiger partial charge is 0.379 e. The van der Waals surface area contributed by atoms with Crippen molar-refractivity contribution in [2.75, 3.05) is 26.3 Å². The molecule has 0 saturated carbocycles. The minimum atomic E-state index is -3.51. The summed E-state index contributed by atoms with van der Waals surface area (Å²) in [6, 6.07) is 16.9. The van der Waals surface area contributed by atoms with E-state index in [4.69, 9.17) is 9.84 Å². The molecule has 0 atom stereocenters. The lowest BCUT2D eigenvalue weighted by atomic mass is 10.1. The van der Waals surface area contributed by atoms with E-state index in [9.17, 15) is 13.2 Å². The molecule has 1 aromatic heterocycles. The lowest BCUT2D eigenvalue weighted by molar-refractivity contribution is -0.121. The van der Waals surface area contributed by atoms with Crippen LogP contribution in [-0.4, -0.2) is 54.7 Å². The van der Waals surface area contributed by atoms with Gasteiger partial charge in [-0.25, -0.2) is 13.1 Å². The zero-order chi connectivity index (χ0) is 24.3. The molecule has 1 amide bonds. The molecule has 1 fully saturated rings. The normalized spacial score (nSPS) is 16.2. The average molecular weight is 495 g/mol. The van der Waals surface area contributed by atoms with Crippen molar-refractivity contribution >= 4 is 15.9 Å². The Bertz CT molecular complexity index is 1280. The smallest absolute Gasteiger partial charge is 0.243 e. The summed E-state index contributed by atoms with van der Waals surface area (Å²) < 4.78 is 34.2. The van der Waals surface area contributed by atoms with Gasteiger partial charge in [-0.05, 0) is 61.1 Å². The Hall–Kier alpha value is -3.01. The molecule has 1 N–H and O–H groups in total. The molecule has 5 rings (SSSR count). The van der Waals surface area contributed by atoms with Crippen molar-refractivity contribution in [3.8, 4) is 5.69 Å². The van der Waals surface area contributed by atoms with Crippen molar-refractivity contribution in [2.45, 2.75) is 43.5 Å². The molecular formula is C26H30N4O4S. The van der Waals surface area contributed by atoms with Crippen LogP contribution in [0.1, 0.15) is 35.4 Å².